The molecule has 4 rings (SSSR count). The second kappa shape index (κ2) is 7.59. The van der Waals surface area contributed by atoms with Gasteiger partial charge in [0, 0.05) is 29.7 Å². The first-order valence-corrected chi connectivity index (χ1v) is 9.12. The Morgan fingerprint density at radius 1 is 1.41 bits per heavy atom. The number of carbonyl (C=O) groups excluding carboxylic acids is 1. The number of amides is 1. The predicted octanol–water partition coefficient (Wildman–Crippen LogP) is 1.84. The Hall–Kier alpha value is -3.33. The Kier molecular flexibility index (Phi) is 4.98. The largest absolute Gasteiger partial charge is 0.514 e. The standard InChI is InChI=1S/C19H17ClFN5O3/c20-10-4-23-18(24-5-10)13-6-26(7-14(13)22)19(28)12-2-1-11(21)3-17(12)29-9-16-15(8-27)25-16/h1-5,8,16,25,27H,6-7,9,22H2/b15-8+. The van der Waals surface area contributed by atoms with E-state index in [-0.39, 0.29) is 43.0 Å². The zero-order chi connectivity index (χ0) is 20.5. The third-order valence-corrected chi connectivity index (χ3v) is 4.82. The second-order valence-corrected chi connectivity index (χ2v) is 7.06. The maximum absolute atomic E-state index is 13.7. The van der Waals surface area contributed by atoms with Gasteiger partial charge in [-0.3, -0.25) is 4.79 Å². The van der Waals surface area contributed by atoms with Crippen LogP contribution in [0.25, 0.3) is 5.57 Å². The minimum atomic E-state index is -0.521. The topological polar surface area (TPSA) is 124 Å². The molecule has 1 amide bonds. The molecule has 0 radical (unpaired) electrons. The van der Waals surface area contributed by atoms with Crippen molar-refractivity contribution in [2.75, 3.05) is 19.7 Å². The number of hydrogen-bond donors (Lipinski definition) is 3. The molecule has 2 aromatic rings. The molecule has 2 aliphatic heterocycles. The van der Waals surface area contributed by atoms with Gasteiger partial charge in [-0.05, 0) is 12.1 Å². The highest BCUT2D eigenvalue weighted by molar-refractivity contribution is 6.30. The molecule has 8 nitrogen and oxygen atoms in total. The zero-order valence-electron chi connectivity index (χ0n) is 15.1. The van der Waals surface area contributed by atoms with Crippen molar-refractivity contribution >= 4 is 23.1 Å². The van der Waals surface area contributed by atoms with Crippen LogP contribution in [0.4, 0.5) is 4.39 Å². The van der Waals surface area contributed by atoms with Crippen molar-refractivity contribution in [1.82, 2.24) is 20.2 Å². The van der Waals surface area contributed by atoms with Crippen LogP contribution in [0.15, 0.2) is 48.2 Å². The van der Waals surface area contributed by atoms with Crippen LogP contribution < -0.4 is 15.8 Å². The van der Waals surface area contributed by atoms with E-state index in [1.807, 2.05) is 0 Å². The molecule has 1 aromatic heterocycles. The zero-order valence-corrected chi connectivity index (χ0v) is 15.9. The van der Waals surface area contributed by atoms with Crippen molar-refractivity contribution in [2.45, 2.75) is 6.04 Å². The van der Waals surface area contributed by atoms with Crippen molar-refractivity contribution in [3.63, 3.8) is 0 Å². The number of nitrogens with two attached hydrogens (primary N) is 1. The summed E-state index contributed by atoms with van der Waals surface area (Å²) in [4.78, 5) is 22.9. The van der Waals surface area contributed by atoms with Crippen molar-refractivity contribution in [1.29, 1.82) is 0 Å². The Balaban J connectivity index is 1.50. The lowest BCUT2D eigenvalue weighted by Crippen LogP contribution is -2.30. The minimum absolute atomic E-state index is 0.121. The molecule has 1 atom stereocenters. The number of halogens is 2. The Morgan fingerprint density at radius 3 is 2.86 bits per heavy atom. The van der Waals surface area contributed by atoms with E-state index < -0.39 is 5.82 Å². The fourth-order valence-electron chi connectivity index (χ4n) is 3.03. The van der Waals surface area contributed by atoms with Gasteiger partial charge in [-0.15, -0.1) is 0 Å². The van der Waals surface area contributed by atoms with Crippen LogP contribution in [0.1, 0.15) is 16.2 Å². The van der Waals surface area contributed by atoms with E-state index in [4.69, 9.17) is 27.2 Å². The van der Waals surface area contributed by atoms with E-state index in [1.54, 1.807) is 0 Å². The SMILES string of the molecule is NC1=C(c2ncc(Cl)cn2)CN(C(=O)c2ccc(F)cc2OCC2N/C2=C/O)C1. The molecule has 3 heterocycles. The highest BCUT2D eigenvalue weighted by Crippen LogP contribution is 2.28. The van der Waals surface area contributed by atoms with Gasteiger partial charge >= 0.3 is 0 Å². The number of benzene rings is 1. The summed E-state index contributed by atoms with van der Waals surface area (Å²) in [5, 5.41) is 12.2. The maximum Gasteiger partial charge on any atom is 0.258 e. The van der Waals surface area contributed by atoms with Crippen molar-refractivity contribution in [2.24, 2.45) is 5.73 Å². The van der Waals surface area contributed by atoms with Gasteiger partial charge in [0.15, 0.2) is 5.82 Å². The quantitative estimate of drug-likeness (QED) is 0.501. The Labute approximate surface area is 170 Å². The molecule has 2 aliphatic rings. The molecule has 150 valence electrons. The lowest BCUT2D eigenvalue weighted by molar-refractivity contribution is 0.0794. The molecule has 29 heavy (non-hydrogen) atoms. The lowest BCUT2D eigenvalue weighted by atomic mass is 10.1. The summed E-state index contributed by atoms with van der Waals surface area (Å²) in [6, 6.07) is 3.57. The number of carbonyl (C=O) groups is 1. The molecule has 0 spiro atoms. The summed E-state index contributed by atoms with van der Waals surface area (Å²) in [5.74, 6) is -0.349. The molecular formula is C19H17ClFN5O3. The van der Waals surface area contributed by atoms with Crippen LogP contribution in [-0.4, -0.2) is 51.6 Å². The van der Waals surface area contributed by atoms with Gasteiger partial charge in [0.05, 0.1) is 29.4 Å². The van der Waals surface area contributed by atoms with Gasteiger partial charge < -0.3 is 25.8 Å². The third-order valence-electron chi connectivity index (χ3n) is 4.63. The molecule has 1 aromatic carbocycles. The van der Waals surface area contributed by atoms with Crippen LogP contribution in [-0.2, 0) is 0 Å². The first-order valence-electron chi connectivity index (χ1n) is 8.74. The summed E-state index contributed by atoms with van der Waals surface area (Å²) in [5.41, 5.74) is 8.05. The molecule has 0 saturated carbocycles. The van der Waals surface area contributed by atoms with Gasteiger partial charge in [0.2, 0.25) is 0 Å². The third kappa shape index (κ3) is 3.95. The number of nitrogens with zero attached hydrogens (tertiary/aromatic N) is 3. The van der Waals surface area contributed by atoms with Gasteiger partial charge in [0.1, 0.15) is 30.5 Å². The van der Waals surface area contributed by atoms with E-state index >= 15 is 0 Å². The number of hydrogen-bond acceptors (Lipinski definition) is 7. The van der Waals surface area contributed by atoms with Gasteiger partial charge in [-0.25, -0.2) is 14.4 Å². The molecular weight excluding hydrogens is 401 g/mol. The summed E-state index contributed by atoms with van der Waals surface area (Å²) in [6.07, 6.45) is 3.87. The highest BCUT2D eigenvalue weighted by Gasteiger charge is 2.32. The number of aliphatic hydroxyl groups is 1. The highest BCUT2D eigenvalue weighted by atomic mass is 35.5. The molecule has 1 saturated heterocycles. The molecule has 1 unspecified atom stereocenters. The van der Waals surface area contributed by atoms with Gasteiger partial charge in [0.25, 0.3) is 5.91 Å². The number of nitrogens with one attached hydrogen (secondary N) is 1. The van der Waals surface area contributed by atoms with E-state index in [2.05, 4.69) is 15.3 Å². The molecule has 4 N–H and O–H groups in total. The predicted molar refractivity (Wildman–Crippen MR) is 104 cm³/mol. The number of aromatic nitrogens is 2. The van der Waals surface area contributed by atoms with Crippen LogP contribution in [0.3, 0.4) is 0 Å². The molecule has 10 heteroatoms. The summed E-state index contributed by atoms with van der Waals surface area (Å²) < 4.78 is 19.3. The Bertz CT molecular complexity index is 1030. The molecule has 0 bridgehead atoms. The fourth-order valence-corrected chi connectivity index (χ4v) is 3.13. The molecule has 0 aliphatic carbocycles. The molecule has 1 fully saturated rings. The van der Waals surface area contributed by atoms with Gasteiger partial charge in [-0.2, -0.15) is 0 Å². The normalized spacial score (nSPS) is 19.4. The Morgan fingerprint density at radius 2 is 2.17 bits per heavy atom. The summed E-state index contributed by atoms with van der Waals surface area (Å²) in [7, 11) is 0. The lowest BCUT2D eigenvalue weighted by Gasteiger charge is -2.18. The van der Waals surface area contributed by atoms with E-state index in [1.165, 1.54) is 29.4 Å². The average molecular weight is 418 g/mol. The van der Waals surface area contributed by atoms with Crippen LogP contribution in [0, 0.1) is 5.82 Å². The monoisotopic (exact) mass is 417 g/mol. The van der Waals surface area contributed by atoms with Crippen LogP contribution in [0.2, 0.25) is 5.02 Å². The van der Waals surface area contributed by atoms with Crippen molar-refractivity contribution in [3.8, 4) is 5.75 Å². The van der Waals surface area contributed by atoms with Crippen molar-refractivity contribution in [3.05, 3.63) is 70.5 Å². The number of ether oxygens (including phenoxy) is 1. The first kappa shape index (κ1) is 19.0. The minimum Gasteiger partial charge on any atom is -0.514 e. The van der Waals surface area contributed by atoms with Gasteiger partial charge in [-0.1, -0.05) is 11.6 Å². The number of aliphatic hydroxyl groups excluding tert-OH is 1. The summed E-state index contributed by atoms with van der Waals surface area (Å²) >= 11 is 5.82. The fraction of sp³-hybridized carbons (Fsp3) is 0.211. The summed E-state index contributed by atoms with van der Waals surface area (Å²) in [6.45, 7) is 0.559. The van der Waals surface area contributed by atoms with E-state index in [9.17, 15) is 9.18 Å². The van der Waals surface area contributed by atoms with Crippen molar-refractivity contribution < 1.29 is 19.0 Å². The average Bonchev–Trinajstić information content (AvgIpc) is 3.38. The van der Waals surface area contributed by atoms with Crippen LogP contribution in [0.5, 0.6) is 5.75 Å². The first-order chi connectivity index (χ1) is 14.0. The van der Waals surface area contributed by atoms with E-state index in [0.29, 0.717) is 27.8 Å². The number of rotatable bonds is 5. The maximum atomic E-state index is 13.7. The van der Waals surface area contributed by atoms with Crippen LogP contribution >= 0.6 is 11.6 Å². The second-order valence-electron chi connectivity index (χ2n) is 6.62. The smallest absolute Gasteiger partial charge is 0.258 e. The van der Waals surface area contributed by atoms with E-state index in [0.717, 1.165) is 12.3 Å².